The monoisotopic (exact) mass is 505 g/mol. The first-order valence-electron chi connectivity index (χ1n) is 11.5. The number of anilines is 2. The zero-order chi connectivity index (χ0) is 25.4. The van der Waals surface area contributed by atoms with E-state index in [4.69, 9.17) is 0 Å². The summed E-state index contributed by atoms with van der Waals surface area (Å²) in [5.41, 5.74) is 0.489. The molecule has 10 heteroatoms. The molecule has 3 amide bonds. The quantitative estimate of drug-likeness (QED) is 0.545. The normalized spacial score (nSPS) is 15.6. The molecular formula is C25H29F2N3O4S. The van der Waals surface area contributed by atoms with Crippen LogP contribution in [0.15, 0.2) is 48.5 Å². The SMILES string of the molecule is CC(C(=O)NC1CCCCC1)N(C(=O)CS(=O)CC(=O)Nc1ccc(F)cc1)c1cccc(F)c1. The topological polar surface area (TPSA) is 95.6 Å². The van der Waals surface area contributed by atoms with Gasteiger partial charge in [0.25, 0.3) is 0 Å². The van der Waals surface area contributed by atoms with Crippen molar-refractivity contribution < 1.29 is 27.4 Å². The van der Waals surface area contributed by atoms with E-state index in [2.05, 4.69) is 10.6 Å². The van der Waals surface area contributed by atoms with Crippen LogP contribution in [0.3, 0.4) is 0 Å². The number of nitrogens with zero attached hydrogens (tertiary/aromatic N) is 1. The third-order valence-corrected chi connectivity index (χ3v) is 6.93. The highest BCUT2D eigenvalue weighted by Crippen LogP contribution is 2.21. The molecular weight excluding hydrogens is 476 g/mol. The van der Waals surface area contributed by atoms with Crippen LogP contribution in [0.5, 0.6) is 0 Å². The molecule has 3 rings (SSSR count). The number of carbonyl (C=O) groups is 3. The fourth-order valence-corrected chi connectivity index (χ4v) is 4.91. The molecule has 1 aliphatic rings. The Labute approximate surface area is 205 Å². The van der Waals surface area contributed by atoms with Gasteiger partial charge < -0.3 is 10.6 Å². The maximum atomic E-state index is 13.9. The van der Waals surface area contributed by atoms with E-state index < -0.39 is 51.8 Å². The lowest BCUT2D eigenvalue weighted by Crippen LogP contribution is -2.52. The highest BCUT2D eigenvalue weighted by Gasteiger charge is 2.30. The van der Waals surface area contributed by atoms with E-state index in [0.29, 0.717) is 5.69 Å². The summed E-state index contributed by atoms with van der Waals surface area (Å²) in [6.45, 7) is 1.53. The van der Waals surface area contributed by atoms with Crippen molar-refractivity contribution in [3.63, 3.8) is 0 Å². The van der Waals surface area contributed by atoms with Crippen molar-refractivity contribution in [1.29, 1.82) is 0 Å². The van der Waals surface area contributed by atoms with E-state index in [1.54, 1.807) is 0 Å². The second-order valence-electron chi connectivity index (χ2n) is 8.55. The van der Waals surface area contributed by atoms with E-state index in [0.717, 1.165) is 43.1 Å². The third-order valence-electron chi connectivity index (χ3n) is 5.78. The van der Waals surface area contributed by atoms with Crippen LogP contribution < -0.4 is 15.5 Å². The molecule has 0 saturated heterocycles. The van der Waals surface area contributed by atoms with Crippen molar-refractivity contribution in [2.24, 2.45) is 0 Å². The smallest absolute Gasteiger partial charge is 0.243 e. The molecule has 7 nitrogen and oxygen atoms in total. The standard InChI is InChI=1S/C25H29F2N3O4S/c1-17(25(33)29-20-7-3-2-4-8-20)30(22-9-5-6-19(27)14-22)24(32)16-35(34)15-23(31)28-21-12-10-18(26)11-13-21/h5-6,9-14,17,20H,2-4,7-8,15-16H2,1H3,(H,28,31)(H,29,33). The van der Waals surface area contributed by atoms with Gasteiger partial charge in [-0.1, -0.05) is 25.3 Å². The molecule has 1 fully saturated rings. The Morgan fingerprint density at radius 3 is 2.34 bits per heavy atom. The van der Waals surface area contributed by atoms with Crippen molar-refractivity contribution in [3.8, 4) is 0 Å². The fraction of sp³-hybridized carbons (Fsp3) is 0.400. The van der Waals surface area contributed by atoms with Gasteiger partial charge in [0.2, 0.25) is 17.7 Å². The molecule has 2 unspecified atom stereocenters. The van der Waals surface area contributed by atoms with Crippen LogP contribution in [-0.2, 0) is 25.2 Å². The van der Waals surface area contributed by atoms with Crippen molar-refractivity contribution in [2.45, 2.75) is 51.1 Å². The summed E-state index contributed by atoms with van der Waals surface area (Å²) in [7, 11) is -1.90. The molecule has 1 saturated carbocycles. The van der Waals surface area contributed by atoms with Crippen molar-refractivity contribution in [2.75, 3.05) is 21.7 Å². The Morgan fingerprint density at radius 2 is 1.69 bits per heavy atom. The molecule has 0 aliphatic heterocycles. The Morgan fingerprint density at radius 1 is 1.00 bits per heavy atom. The first kappa shape index (κ1) is 26.5. The highest BCUT2D eigenvalue weighted by atomic mass is 32.2. The maximum absolute atomic E-state index is 13.9. The van der Waals surface area contributed by atoms with Gasteiger partial charge in [-0.3, -0.25) is 23.5 Å². The molecule has 0 heterocycles. The molecule has 2 atom stereocenters. The number of hydrogen-bond donors (Lipinski definition) is 2. The van der Waals surface area contributed by atoms with Gasteiger partial charge in [0.15, 0.2) is 0 Å². The van der Waals surface area contributed by atoms with Crippen molar-refractivity contribution >= 4 is 39.9 Å². The van der Waals surface area contributed by atoms with E-state index in [1.807, 2.05) is 0 Å². The lowest BCUT2D eigenvalue weighted by atomic mass is 9.95. The largest absolute Gasteiger partial charge is 0.352 e. The first-order chi connectivity index (χ1) is 16.7. The number of nitrogens with one attached hydrogen (secondary N) is 2. The van der Waals surface area contributed by atoms with Crippen LogP contribution in [0.2, 0.25) is 0 Å². The summed E-state index contributed by atoms with van der Waals surface area (Å²) in [6, 6.07) is 9.38. The summed E-state index contributed by atoms with van der Waals surface area (Å²) in [6.07, 6.45) is 4.88. The van der Waals surface area contributed by atoms with Gasteiger partial charge in [0, 0.05) is 28.2 Å². The van der Waals surface area contributed by atoms with Crippen molar-refractivity contribution in [3.05, 3.63) is 60.2 Å². The molecule has 2 aromatic rings. The Balaban J connectivity index is 1.67. The van der Waals surface area contributed by atoms with Gasteiger partial charge in [-0.05, 0) is 62.2 Å². The van der Waals surface area contributed by atoms with Crippen LogP contribution in [0.1, 0.15) is 39.0 Å². The molecule has 0 bridgehead atoms. The number of carbonyl (C=O) groups excluding carboxylic acids is 3. The van der Waals surface area contributed by atoms with E-state index >= 15 is 0 Å². The predicted octanol–water partition coefficient (Wildman–Crippen LogP) is 3.52. The first-order valence-corrected chi connectivity index (χ1v) is 13.0. The number of benzene rings is 2. The average Bonchev–Trinajstić information content (AvgIpc) is 2.81. The van der Waals surface area contributed by atoms with E-state index in [9.17, 15) is 27.4 Å². The summed E-state index contributed by atoms with van der Waals surface area (Å²) < 4.78 is 39.5. The second-order valence-corrected chi connectivity index (χ2v) is 10.0. The molecule has 188 valence electrons. The van der Waals surface area contributed by atoms with Crippen LogP contribution in [0, 0.1) is 11.6 Å². The van der Waals surface area contributed by atoms with Gasteiger partial charge in [-0.2, -0.15) is 0 Å². The molecule has 2 aromatic carbocycles. The van der Waals surface area contributed by atoms with E-state index in [1.165, 1.54) is 49.4 Å². The van der Waals surface area contributed by atoms with Gasteiger partial charge >= 0.3 is 0 Å². The lowest BCUT2D eigenvalue weighted by Gasteiger charge is -2.31. The third kappa shape index (κ3) is 7.95. The summed E-state index contributed by atoms with van der Waals surface area (Å²) >= 11 is 0. The number of halogens is 2. The summed E-state index contributed by atoms with van der Waals surface area (Å²) in [4.78, 5) is 39.4. The average molecular weight is 506 g/mol. The molecule has 2 N–H and O–H groups in total. The maximum Gasteiger partial charge on any atom is 0.243 e. The van der Waals surface area contributed by atoms with Gasteiger partial charge in [-0.15, -0.1) is 0 Å². The van der Waals surface area contributed by atoms with Crippen LogP contribution >= 0.6 is 0 Å². The zero-order valence-corrected chi connectivity index (χ0v) is 20.3. The summed E-state index contributed by atoms with van der Waals surface area (Å²) in [5, 5.41) is 5.45. The van der Waals surface area contributed by atoms with Crippen molar-refractivity contribution in [1.82, 2.24) is 5.32 Å². The lowest BCUT2D eigenvalue weighted by molar-refractivity contribution is -0.126. The minimum Gasteiger partial charge on any atom is -0.352 e. The minimum atomic E-state index is -1.90. The number of rotatable bonds is 9. The fourth-order valence-electron chi connectivity index (χ4n) is 4.03. The Bertz CT molecular complexity index is 1070. The van der Waals surface area contributed by atoms with Crippen LogP contribution in [-0.4, -0.2) is 45.5 Å². The summed E-state index contributed by atoms with van der Waals surface area (Å²) in [5.74, 6) is -3.71. The molecule has 35 heavy (non-hydrogen) atoms. The Hall–Kier alpha value is -3.14. The number of amides is 3. The molecule has 0 spiro atoms. The zero-order valence-electron chi connectivity index (χ0n) is 19.5. The highest BCUT2D eigenvalue weighted by molar-refractivity contribution is 7.86. The van der Waals surface area contributed by atoms with Gasteiger partial charge in [-0.25, -0.2) is 8.78 Å². The minimum absolute atomic E-state index is 0.0208. The molecule has 0 aromatic heterocycles. The predicted molar refractivity (Wildman–Crippen MR) is 131 cm³/mol. The molecule has 1 aliphatic carbocycles. The van der Waals surface area contributed by atoms with Crippen LogP contribution in [0.4, 0.5) is 20.2 Å². The van der Waals surface area contributed by atoms with E-state index in [-0.39, 0.29) is 17.6 Å². The second kappa shape index (κ2) is 12.5. The van der Waals surface area contributed by atoms with Gasteiger partial charge in [0.05, 0.1) is 0 Å². The van der Waals surface area contributed by atoms with Gasteiger partial charge in [0.1, 0.15) is 29.2 Å². The Kier molecular flexibility index (Phi) is 9.47. The molecule has 0 radical (unpaired) electrons. The van der Waals surface area contributed by atoms with Crippen LogP contribution in [0.25, 0.3) is 0 Å². The number of hydrogen-bond acceptors (Lipinski definition) is 4.